The van der Waals surface area contributed by atoms with Crippen molar-refractivity contribution >= 4 is 15.9 Å². The summed E-state index contributed by atoms with van der Waals surface area (Å²) in [7, 11) is 0. The maximum atomic E-state index is 5.94. The van der Waals surface area contributed by atoms with Crippen LogP contribution in [0.25, 0.3) is 0 Å². The molecule has 1 saturated heterocycles. The summed E-state index contributed by atoms with van der Waals surface area (Å²) in [6.45, 7) is 8.85. The van der Waals surface area contributed by atoms with Crippen LogP contribution in [-0.4, -0.2) is 17.0 Å². The Morgan fingerprint density at radius 3 is 2.50 bits per heavy atom. The van der Waals surface area contributed by atoms with Crippen molar-refractivity contribution < 1.29 is 4.74 Å². The number of hydrogen-bond donors (Lipinski definition) is 0. The molecule has 0 saturated carbocycles. The van der Waals surface area contributed by atoms with Gasteiger partial charge in [-0.25, -0.2) is 0 Å². The second-order valence-electron chi connectivity index (χ2n) is 5.69. The molecular formula is C16H23BrO. The molecular weight excluding hydrogens is 288 g/mol. The maximum Gasteiger partial charge on any atom is 0.0593 e. The zero-order valence-electron chi connectivity index (χ0n) is 11.7. The number of ether oxygens (including phenoxy) is 1. The lowest BCUT2D eigenvalue weighted by molar-refractivity contribution is 0.0511. The summed E-state index contributed by atoms with van der Waals surface area (Å²) in [5.41, 5.74) is 2.75. The van der Waals surface area contributed by atoms with E-state index in [9.17, 15) is 0 Å². The van der Waals surface area contributed by atoms with Crippen LogP contribution in [0, 0.1) is 18.8 Å². The predicted octanol–water partition coefficient (Wildman–Crippen LogP) is 4.36. The number of aryl methyl sites for hydroxylation is 1. The molecule has 2 heteroatoms. The largest absolute Gasteiger partial charge is 0.375 e. The fourth-order valence-corrected chi connectivity index (χ4v) is 4.40. The van der Waals surface area contributed by atoms with Crippen molar-refractivity contribution in [2.75, 3.05) is 0 Å². The topological polar surface area (TPSA) is 9.23 Å². The number of alkyl halides is 1. The van der Waals surface area contributed by atoms with E-state index in [1.54, 1.807) is 0 Å². The molecule has 0 radical (unpaired) electrons. The van der Waals surface area contributed by atoms with Crippen molar-refractivity contribution in [1.82, 2.24) is 0 Å². The summed E-state index contributed by atoms with van der Waals surface area (Å²) in [5.74, 6) is 1.22. The van der Waals surface area contributed by atoms with Gasteiger partial charge in [0.05, 0.1) is 12.2 Å². The van der Waals surface area contributed by atoms with Gasteiger partial charge in [0.1, 0.15) is 0 Å². The van der Waals surface area contributed by atoms with Gasteiger partial charge in [0.25, 0.3) is 0 Å². The molecule has 1 aromatic rings. The Morgan fingerprint density at radius 1 is 1.22 bits per heavy atom. The molecule has 0 bridgehead atoms. The van der Waals surface area contributed by atoms with Gasteiger partial charge in [0.15, 0.2) is 0 Å². The van der Waals surface area contributed by atoms with E-state index in [2.05, 4.69) is 67.9 Å². The van der Waals surface area contributed by atoms with Crippen molar-refractivity contribution in [3.8, 4) is 0 Å². The van der Waals surface area contributed by atoms with E-state index in [1.165, 1.54) is 11.1 Å². The van der Waals surface area contributed by atoms with E-state index in [0.717, 1.165) is 6.42 Å². The van der Waals surface area contributed by atoms with Gasteiger partial charge in [-0.15, -0.1) is 0 Å². The molecule has 1 heterocycles. The van der Waals surface area contributed by atoms with E-state index < -0.39 is 0 Å². The molecule has 5 unspecified atom stereocenters. The summed E-state index contributed by atoms with van der Waals surface area (Å²) in [6.07, 6.45) is 1.81. The molecule has 1 aliphatic heterocycles. The molecule has 0 spiro atoms. The lowest BCUT2D eigenvalue weighted by Gasteiger charge is -2.24. The van der Waals surface area contributed by atoms with E-state index in [-0.39, 0.29) is 0 Å². The monoisotopic (exact) mass is 310 g/mol. The highest BCUT2D eigenvalue weighted by molar-refractivity contribution is 9.09. The Labute approximate surface area is 119 Å². The molecule has 5 atom stereocenters. The van der Waals surface area contributed by atoms with Crippen molar-refractivity contribution in [1.29, 1.82) is 0 Å². The number of halogens is 1. The SMILES string of the molecule is Cc1cccc(CC(Br)C2C(C)OC(C)C2C)c1. The van der Waals surface area contributed by atoms with Crippen molar-refractivity contribution in [2.45, 2.75) is 51.2 Å². The average molecular weight is 311 g/mol. The first-order chi connectivity index (χ1) is 8.49. The summed E-state index contributed by atoms with van der Waals surface area (Å²) in [6, 6.07) is 8.79. The minimum absolute atomic E-state index is 0.351. The van der Waals surface area contributed by atoms with Gasteiger partial charge in [-0.3, -0.25) is 0 Å². The van der Waals surface area contributed by atoms with Crippen molar-refractivity contribution in [2.24, 2.45) is 11.8 Å². The van der Waals surface area contributed by atoms with Gasteiger partial charge in [-0.05, 0) is 38.7 Å². The molecule has 0 amide bonds. The van der Waals surface area contributed by atoms with Gasteiger partial charge in [-0.1, -0.05) is 52.7 Å². The highest BCUT2D eigenvalue weighted by atomic mass is 79.9. The minimum Gasteiger partial charge on any atom is -0.375 e. The zero-order chi connectivity index (χ0) is 13.3. The fourth-order valence-electron chi connectivity index (χ4n) is 3.12. The van der Waals surface area contributed by atoms with Crippen LogP contribution in [0.4, 0.5) is 0 Å². The third-order valence-electron chi connectivity index (χ3n) is 4.25. The van der Waals surface area contributed by atoms with Gasteiger partial charge < -0.3 is 4.74 Å². The fraction of sp³-hybridized carbons (Fsp3) is 0.625. The number of rotatable bonds is 3. The Bertz CT molecular complexity index is 404. The standard InChI is InChI=1S/C16H23BrO/c1-10-6-5-7-14(8-10)9-15(17)16-11(2)12(3)18-13(16)4/h5-8,11-13,15-16H,9H2,1-4H3. The number of benzene rings is 1. The molecule has 2 rings (SSSR count). The molecule has 100 valence electrons. The average Bonchev–Trinajstić information content (AvgIpc) is 2.53. The lowest BCUT2D eigenvalue weighted by Crippen LogP contribution is -2.28. The molecule has 1 aliphatic rings. The van der Waals surface area contributed by atoms with Crippen molar-refractivity contribution in [3.05, 3.63) is 35.4 Å². The molecule has 18 heavy (non-hydrogen) atoms. The third kappa shape index (κ3) is 2.97. The van der Waals surface area contributed by atoms with E-state index >= 15 is 0 Å². The molecule has 0 aromatic heterocycles. The Kier molecular flexibility index (Phi) is 4.50. The van der Waals surface area contributed by atoms with Crippen LogP contribution in [0.2, 0.25) is 0 Å². The van der Waals surface area contributed by atoms with Crippen LogP contribution in [0.15, 0.2) is 24.3 Å². The summed E-state index contributed by atoms with van der Waals surface area (Å²) >= 11 is 3.89. The molecule has 0 N–H and O–H groups in total. The van der Waals surface area contributed by atoms with Gasteiger partial charge in [-0.2, -0.15) is 0 Å². The molecule has 1 fully saturated rings. The quantitative estimate of drug-likeness (QED) is 0.754. The van der Waals surface area contributed by atoms with Crippen LogP contribution < -0.4 is 0 Å². The Morgan fingerprint density at radius 2 is 1.94 bits per heavy atom. The van der Waals surface area contributed by atoms with Crippen LogP contribution >= 0.6 is 15.9 Å². The van der Waals surface area contributed by atoms with Gasteiger partial charge >= 0.3 is 0 Å². The first-order valence-electron chi connectivity index (χ1n) is 6.84. The van der Waals surface area contributed by atoms with E-state index in [1.807, 2.05) is 0 Å². The Balaban J connectivity index is 2.06. The van der Waals surface area contributed by atoms with Crippen LogP contribution in [0.1, 0.15) is 31.9 Å². The highest BCUT2D eigenvalue weighted by Crippen LogP contribution is 2.38. The first-order valence-corrected chi connectivity index (χ1v) is 7.75. The Hall–Kier alpha value is -0.340. The van der Waals surface area contributed by atoms with Crippen LogP contribution in [-0.2, 0) is 11.2 Å². The summed E-state index contributed by atoms with van der Waals surface area (Å²) < 4.78 is 5.94. The third-order valence-corrected chi connectivity index (χ3v) is 5.18. The molecule has 1 nitrogen and oxygen atoms in total. The van der Waals surface area contributed by atoms with E-state index in [0.29, 0.717) is 28.9 Å². The minimum atomic E-state index is 0.351. The second kappa shape index (κ2) is 5.75. The van der Waals surface area contributed by atoms with E-state index in [4.69, 9.17) is 4.74 Å². The maximum absolute atomic E-state index is 5.94. The predicted molar refractivity (Wildman–Crippen MR) is 80.3 cm³/mol. The van der Waals surface area contributed by atoms with Gasteiger partial charge in [0.2, 0.25) is 0 Å². The first kappa shape index (κ1) is 14.1. The normalized spacial score (nSPS) is 33.6. The zero-order valence-corrected chi connectivity index (χ0v) is 13.3. The molecule has 0 aliphatic carbocycles. The van der Waals surface area contributed by atoms with Crippen LogP contribution in [0.3, 0.4) is 0 Å². The summed E-state index contributed by atoms with van der Waals surface area (Å²) in [5, 5.41) is 0. The van der Waals surface area contributed by atoms with Crippen LogP contribution in [0.5, 0.6) is 0 Å². The summed E-state index contributed by atoms with van der Waals surface area (Å²) in [4.78, 5) is 0.495. The second-order valence-corrected chi connectivity index (χ2v) is 6.87. The smallest absolute Gasteiger partial charge is 0.0593 e. The molecule has 1 aromatic carbocycles. The van der Waals surface area contributed by atoms with Gasteiger partial charge in [0, 0.05) is 10.7 Å². The number of hydrogen-bond acceptors (Lipinski definition) is 1. The van der Waals surface area contributed by atoms with Crippen molar-refractivity contribution in [3.63, 3.8) is 0 Å². The lowest BCUT2D eigenvalue weighted by atomic mass is 9.84. The highest BCUT2D eigenvalue weighted by Gasteiger charge is 2.40.